The lowest BCUT2D eigenvalue weighted by Crippen LogP contribution is -2.26. The van der Waals surface area contributed by atoms with Crippen LogP contribution in [0.15, 0.2) is 18.2 Å². The molecule has 5 heteroatoms. The highest BCUT2D eigenvalue weighted by Crippen LogP contribution is 2.22. The molecule has 1 aromatic carbocycles. The fourth-order valence-corrected chi connectivity index (χ4v) is 4.62. The van der Waals surface area contributed by atoms with Gasteiger partial charge in [-0.2, -0.15) is 0 Å². The van der Waals surface area contributed by atoms with Gasteiger partial charge in [-0.15, -0.1) is 0 Å². The Balaban J connectivity index is 2.61. The normalized spacial score (nSPS) is 10.9. The Morgan fingerprint density at radius 1 is 0.579 bits per heavy atom. The lowest BCUT2D eigenvalue weighted by molar-refractivity contribution is 0.0937. The summed E-state index contributed by atoms with van der Waals surface area (Å²) in [5, 5.41) is 6.09. The minimum absolute atomic E-state index is 0.0987. The highest BCUT2D eigenvalue weighted by Gasteiger charge is 2.16. The number of carbonyl (C=O) groups excluding carboxylic acids is 2. The Labute approximate surface area is 234 Å². The fraction of sp³-hybridized carbons (Fsp3) is 0.758. The lowest BCUT2D eigenvalue weighted by atomic mass is 10.1. The van der Waals surface area contributed by atoms with Crippen molar-refractivity contribution < 1.29 is 14.3 Å². The van der Waals surface area contributed by atoms with Crippen molar-refractivity contribution in [2.75, 3.05) is 19.7 Å². The minimum Gasteiger partial charge on any atom is -0.493 e. The van der Waals surface area contributed by atoms with Gasteiger partial charge in [-0.25, -0.2) is 0 Å². The predicted molar refractivity (Wildman–Crippen MR) is 161 cm³/mol. The number of hydrogen-bond donors (Lipinski definition) is 2. The number of rotatable bonds is 25. The van der Waals surface area contributed by atoms with Crippen molar-refractivity contribution in [3.8, 4) is 5.75 Å². The van der Waals surface area contributed by atoms with Crippen LogP contribution in [0, 0.1) is 0 Å². The monoisotopic (exact) mass is 530 g/mol. The van der Waals surface area contributed by atoms with E-state index >= 15 is 0 Å². The zero-order chi connectivity index (χ0) is 27.7. The van der Waals surface area contributed by atoms with E-state index in [2.05, 4.69) is 31.4 Å². The van der Waals surface area contributed by atoms with Crippen LogP contribution in [0.25, 0.3) is 0 Å². The molecule has 2 amide bonds. The Bertz CT molecular complexity index is 735. The molecule has 0 bridgehead atoms. The Kier molecular flexibility index (Phi) is 21.5. The van der Waals surface area contributed by atoms with Crippen LogP contribution < -0.4 is 15.4 Å². The summed E-state index contributed by atoms with van der Waals surface area (Å²) in [6.45, 7) is 8.59. The summed E-state index contributed by atoms with van der Waals surface area (Å²) >= 11 is 0. The van der Waals surface area contributed by atoms with E-state index < -0.39 is 0 Å². The zero-order valence-electron chi connectivity index (χ0n) is 25.0. The van der Waals surface area contributed by atoms with E-state index in [1.807, 2.05) is 0 Å². The van der Waals surface area contributed by atoms with E-state index in [-0.39, 0.29) is 11.8 Å². The summed E-state index contributed by atoms with van der Waals surface area (Å²) in [6, 6.07) is 5.24. The topological polar surface area (TPSA) is 67.4 Å². The first-order valence-electron chi connectivity index (χ1n) is 16.0. The summed E-state index contributed by atoms with van der Waals surface area (Å²) in [5.41, 5.74) is 1.07. The third-order valence-electron chi connectivity index (χ3n) is 7.13. The van der Waals surface area contributed by atoms with Gasteiger partial charge in [0.25, 0.3) is 11.8 Å². The number of benzene rings is 1. The van der Waals surface area contributed by atoms with E-state index in [9.17, 15) is 9.59 Å². The van der Waals surface area contributed by atoms with Crippen LogP contribution in [0.2, 0.25) is 0 Å². The molecule has 0 aliphatic carbocycles. The second-order valence-electron chi connectivity index (χ2n) is 10.7. The number of nitrogens with one attached hydrogen (secondary N) is 2. The molecule has 1 aromatic rings. The van der Waals surface area contributed by atoms with Crippen LogP contribution in [0.3, 0.4) is 0 Å². The third-order valence-corrected chi connectivity index (χ3v) is 7.13. The summed E-state index contributed by atoms with van der Waals surface area (Å²) in [7, 11) is 0. The molecular formula is C33H58N2O3. The quantitative estimate of drug-likeness (QED) is 0.124. The fourth-order valence-electron chi connectivity index (χ4n) is 4.62. The van der Waals surface area contributed by atoms with E-state index in [0.717, 1.165) is 38.5 Å². The molecule has 0 saturated heterocycles. The largest absolute Gasteiger partial charge is 0.493 e. The number of unbranched alkanes of at least 4 members (excludes halogenated alkanes) is 16. The maximum absolute atomic E-state index is 12.9. The molecule has 2 N–H and O–H groups in total. The average Bonchev–Trinajstić information content (AvgIpc) is 2.93. The van der Waals surface area contributed by atoms with Gasteiger partial charge in [-0.1, -0.05) is 124 Å². The summed E-state index contributed by atoms with van der Waals surface area (Å²) in [4.78, 5) is 25.7. The van der Waals surface area contributed by atoms with Gasteiger partial charge in [0.1, 0.15) is 5.75 Å². The van der Waals surface area contributed by atoms with Gasteiger partial charge in [0.05, 0.1) is 12.2 Å². The second-order valence-corrected chi connectivity index (χ2v) is 10.7. The van der Waals surface area contributed by atoms with Crippen molar-refractivity contribution in [3.05, 3.63) is 29.3 Å². The molecule has 218 valence electrons. The highest BCUT2D eigenvalue weighted by atomic mass is 16.5. The standard InChI is InChI=1S/C33H58N2O3/c1-4-7-10-13-16-19-22-27-38-31-28-29(32(36)34-25-20-17-14-11-8-5-2)23-24-30(31)33(37)35-26-21-18-15-12-9-6-3/h23-24,28H,4-22,25-27H2,1-3H3,(H,34,36)(H,35,37). The minimum atomic E-state index is -0.118. The Morgan fingerprint density at radius 2 is 1.03 bits per heavy atom. The molecule has 0 aliphatic rings. The van der Waals surface area contributed by atoms with Crippen molar-refractivity contribution in [1.29, 1.82) is 0 Å². The van der Waals surface area contributed by atoms with Crippen LogP contribution in [0.5, 0.6) is 5.75 Å². The molecule has 0 atom stereocenters. The first-order chi connectivity index (χ1) is 18.6. The Hall–Kier alpha value is -2.04. The van der Waals surface area contributed by atoms with Crippen molar-refractivity contribution in [2.45, 2.75) is 143 Å². The SMILES string of the molecule is CCCCCCCCCOc1cc(C(=O)NCCCCCCCC)ccc1C(=O)NCCCCCCCC. The van der Waals surface area contributed by atoms with Crippen molar-refractivity contribution in [2.24, 2.45) is 0 Å². The molecule has 0 aliphatic heterocycles. The Morgan fingerprint density at radius 3 is 1.55 bits per heavy atom. The van der Waals surface area contributed by atoms with Crippen LogP contribution in [0.1, 0.15) is 163 Å². The van der Waals surface area contributed by atoms with E-state index in [4.69, 9.17) is 4.74 Å². The van der Waals surface area contributed by atoms with E-state index in [1.54, 1.807) is 18.2 Å². The zero-order valence-corrected chi connectivity index (χ0v) is 25.0. The van der Waals surface area contributed by atoms with Crippen LogP contribution in [0.4, 0.5) is 0 Å². The van der Waals surface area contributed by atoms with Crippen molar-refractivity contribution in [1.82, 2.24) is 10.6 Å². The van der Waals surface area contributed by atoms with Gasteiger partial charge in [0.2, 0.25) is 0 Å². The molecule has 0 spiro atoms. The molecule has 0 saturated carbocycles. The van der Waals surface area contributed by atoms with Crippen molar-refractivity contribution in [3.63, 3.8) is 0 Å². The number of carbonyl (C=O) groups is 2. The maximum Gasteiger partial charge on any atom is 0.255 e. The first kappa shape index (κ1) is 34.0. The lowest BCUT2D eigenvalue weighted by Gasteiger charge is -2.14. The summed E-state index contributed by atoms with van der Waals surface area (Å²) in [6.07, 6.45) is 22.7. The van der Waals surface area contributed by atoms with E-state index in [1.165, 1.54) is 83.5 Å². The van der Waals surface area contributed by atoms with Gasteiger partial charge >= 0.3 is 0 Å². The molecule has 5 nitrogen and oxygen atoms in total. The second kappa shape index (κ2) is 24.0. The number of hydrogen-bond acceptors (Lipinski definition) is 3. The van der Waals surface area contributed by atoms with Gasteiger partial charge in [-0.05, 0) is 37.5 Å². The molecule has 0 unspecified atom stereocenters. The molecule has 0 aromatic heterocycles. The van der Waals surface area contributed by atoms with Crippen LogP contribution in [-0.4, -0.2) is 31.5 Å². The molecular weight excluding hydrogens is 472 g/mol. The summed E-state index contributed by atoms with van der Waals surface area (Å²) < 4.78 is 6.09. The smallest absolute Gasteiger partial charge is 0.255 e. The van der Waals surface area contributed by atoms with E-state index in [0.29, 0.717) is 36.6 Å². The highest BCUT2D eigenvalue weighted by molar-refractivity contribution is 6.00. The average molecular weight is 531 g/mol. The molecule has 0 fully saturated rings. The van der Waals surface area contributed by atoms with Gasteiger partial charge < -0.3 is 15.4 Å². The van der Waals surface area contributed by atoms with Crippen LogP contribution in [-0.2, 0) is 0 Å². The number of ether oxygens (including phenoxy) is 1. The maximum atomic E-state index is 12.9. The number of amides is 2. The van der Waals surface area contributed by atoms with Gasteiger partial charge in [-0.3, -0.25) is 9.59 Å². The first-order valence-corrected chi connectivity index (χ1v) is 16.0. The van der Waals surface area contributed by atoms with Crippen LogP contribution >= 0.6 is 0 Å². The molecule has 1 rings (SSSR count). The molecule has 38 heavy (non-hydrogen) atoms. The molecule has 0 radical (unpaired) electrons. The van der Waals surface area contributed by atoms with Gasteiger partial charge in [0, 0.05) is 18.7 Å². The predicted octanol–water partition coefficient (Wildman–Crippen LogP) is 9.00. The summed E-state index contributed by atoms with van der Waals surface area (Å²) in [5.74, 6) is 0.300. The third kappa shape index (κ3) is 16.7. The van der Waals surface area contributed by atoms with Gasteiger partial charge in [0.15, 0.2) is 0 Å². The molecule has 0 heterocycles. The van der Waals surface area contributed by atoms with Crippen molar-refractivity contribution >= 4 is 11.8 Å².